The number of hydrogen-bond acceptors (Lipinski definition) is 3. The minimum absolute atomic E-state index is 0.348. The SMILES string of the molecule is Nc1ccnc(Nc2c(F)cccc2Br)c1. The average Bonchev–Trinajstić information content (AvgIpc) is 2.24. The van der Waals surface area contributed by atoms with Gasteiger partial charge in [-0.05, 0) is 34.1 Å². The molecule has 0 aliphatic carbocycles. The Bertz CT molecular complexity index is 496. The van der Waals surface area contributed by atoms with E-state index in [1.807, 2.05) is 0 Å². The van der Waals surface area contributed by atoms with Gasteiger partial charge >= 0.3 is 0 Å². The van der Waals surface area contributed by atoms with Crippen molar-refractivity contribution < 1.29 is 4.39 Å². The van der Waals surface area contributed by atoms with E-state index in [2.05, 4.69) is 26.2 Å². The van der Waals surface area contributed by atoms with Crippen LogP contribution in [0.25, 0.3) is 0 Å². The van der Waals surface area contributed by atoms with Crippen LogP contribution in [0.3, 0.4) is 0 Å². The first-order chi connectivity index (χ1) is 7.66. The summed E-state index contributed by atoms with van der Waals surface area (Å²) in [5, 5.41) is 2.87. The molecule has 16 heavy (non-hydrogen) atoms. The highest BCUT2D eigenvalue weighted by molar-refractivity contribution is 9.10. The van der Waals surface area contributed by atoms with Crippen LogP contribution < -0.4 is 11.1 Å². The van der Waals surface area contributed by atoms with Crippen LogP contribution in [-0.4, -0.2) is 4.98 Å². The number of nitrogens with zero attached hydrogens (tertiary/aromatic N) is 1. The number of rotatable bonds is 2. The van der Waals surface area contributed by atoms with E-state index in [-0.39, 0.29) is 5.82 Å². The molecular formula is C11H9BrFN3. The minimum Gasteiger partial charge on any atom is -0.399 e. The monoisotopic (exact) mass is 281 g/mol. The lowest BCUT2D eigenvalue weighted by atomic mass is 10.3. The van der Waals surface area contributed by atoms with Crippen LogP contribution in [0.2, 0.25) is 0 Å². The van der Waals surface area contributed by atoms with Crippen molar-refractivity contribution in [3.8, 4) is 0 Å². The third-order valence-corrected chi connectivity index (χ3v) is 2.66. The first kappa shape index (κ1) is 10.9. The highest BCUT2D eigenvalue weighted by atomic mass is 79.9. The van der Waals surface area contributed by atoms with E-state index in [9.17, 15) is 4.39 Å². The standard InChI is InChI=1S/C11H9BrFN3/c12-8-2-1-3-9(13)11(8)16-10-6-7(14)4-5-15-10/h1-6H,(H3,14,15,16). The van der Waals surface area contributed by atoms with Crippen LogP contribution in [-0.2, 0) is 0 Å². The van der Waals surface area contributed by atoms with Crippen molar-refractivity contribution in [3.63, 3.8) is 0 Å². The van der Waals surface area contributed by atoms with Gasteiger partial charge in [-0.15, -0.1) is 0 Å². The number of nitrogen functional groups attached to an aromatic ring is 1. The van der Waals surface area contributed by atoms with Crippen LogP contribution >= 0.6 is 15.9 Å². The molecule has 0 amide bonds. The summed E-state index contributed by atoms with van der Waals surface area (Å²) in [6, 6.07) is 8.05. The number of anilines is 3. The molecule has 0 aliphatic rings. The fourth-order valence-corrected chi connectivity index (χ4v) is 1.70. The van der Waals surface area contributed by atoms with E-state index in [1.54, 1.807) is 30.5 Å². The van der Waals surface area contributed by atoms with Gasteiger partial charge in [-0.3, -0.25) is 0 Å². The van der Waals surface area contributed by atoms with Crippen LogP contribution in [0.5, 0.6) is 0 Å². The fraction of sp³-hybridized carbons (Fsp3) is 0. The van der Waals surface area contributed by atoms with Crippen molar-refractivity contribution in [2.45, 2.75) is 0 Å². The summed E-state index contributed by atoms with van der Waals surface area (Å²) >= 11 is 3.26. The van der Waals surface area contributed by atoms with Crippen LogP contribution in [0, 0.1) is 5.82 Å². The molecule has 0 bridgehead atoms. The number of nitrogens with one attached hydrogen (secondary N) is 1. The molecule has 3 N–H and O–H groups in total. The molecule has 0 spiro atoms. The van der Waals surface area contributed by atoms with Crippen LogP contribution in [0.1, 0.15) is 0 Å². The molecule has 3 nitrogen and oxygen atoms in total. The summed E-state index contributed by atoms with van der Waals surface area (Å²) in [5.74, 6) is 0.157. The zero-order valence-corrected chi connectivity index (χ0v) is 9.83. The third kappa shape index (κ3) is 2.30. The molecule has 2 aromatic rings. The van der Waals surface area contributed by atoms with Crippen molar-refractivity contribution >= 4 is 33.1 Å². The molecule has 1 aromatic carbocycles. The Kier molecular flexibility index (Phi) is 3.05. The second-order valence-corrected chi connectivity index (χ2v) is 4.05. The number of halogens is 2. The topological polar surface area (TPSA) is 50.9 Å². The van der Waals surface area contributed by atoms with Gasteiger partial charge in [-0.25, -0.2) is 9.37 Å². The molecule has 0 unspecified atom stereocenters. The molecule has 1 heterocycles. The summed E-state index contributed by atoms with van der Waals surface area (Å²) in [6.07, 6.45) is 1.56. The Labute approximate surface area is 101 Å². The molecule has 0 radical (unpaired) electrons. The van der Waals surface area contributed by atoms with Crippen molar-refractivity contribution in [1.82, 2.24) is 4.98 Å². The van der Waals surface area contributed by atoms with Crippen molar-refractivity contribution in [3.05, 3.63) is 46.8 Å². The third-order valence-electron chi connectivity index (χ3n) is 2.00. The second kappa shape index (κ2) is 4.49. The zero-order valence-electron chi connectivity index (χ0n) is 8.24. The fourth-order valence-electron chi connectivity index (χ4n) is 1.26. The van der Waals surface area contributed by atoms with Crippen LogP contribution in [0.4, 0.5) is 21.6 Å². The maximum absolute atomic E-state index is 13.5. The zero-order chi connectivity index (χ0) is 11.5. The molecule has 1 aromatic heterocycles. The Morgan fingerprint density at radius 1 is 1.31 bits per heavy atom. The normalized spacial score (nSPS) is 10.1. The summed E-state index contributed by atoms with van der Waals surface area (Å²) in [7, 11) is 0. The summed E-state index contributed by atoms with van der Waals surface area (Å²) < 4.78 is 14.1. The number of nitrogens with two attached hydrogens (primary N) is 1. The van der Waals surface area contributed by atoms with Gasteiger partial charge in [0.1, 0.15) is 11.6 Å². The van der Waals surface area contributed by atoms with Gasteiger partial charge < -0.3 is 11.1 Å². The van der Waals surface area contributed by atoms with Gasteiger partial charge in [0, 0.05) is 22.4 Å². The number of aromatic nitrogens is 1. The van der Waals surface area contributed by atoms with E-state index in [0.29, 0.717) is 21.7 Å². The van der Waals surface area contributed by atoms with E-state index < -0.39 is 0 Å². The van der Waals surface area contributed by atoms with Gasteiger partial charge in [0.15, 0.2) is 0 Å². The predicted octanol–water partition coefficient (Wildman–Crippen LogP) is 3.31. The minimum atomic E-state index is -0.349. The Morgan fingerprint density at radius 3 is 2.81 bits per heavy atom. The first-order valence-electron chi connectivity index (χ1n) is 4.59. The van der Waals surface area contributed by atoms with Crippen molar-refractivity contribution in [1.29, 1.82) is 0 Å². The van der Waals surface area contributed by atoms with E-state index in [0.717, 1.165) is 0 Å². The first-order valence-corrected chi connectivity index (χ1v) is 5.38. The van der Waals surface area contributed by atoms with Gasteiger partial charge in [-0.2, -0.15) is 0 Å². The number of para-hydroxylation sites is 1. The molecule has 0 saturated heterocycles. The van der Waals surface area contributed by atoms with E-state index >= 15 is 0 Å². The molecule has 0 saturated carbocycles. The molecule has 82 valence electrons. The number of pyridine rings is 1. The lowest BCUT2D eigenvalue weighted by Gasteiger charge is -2.08. The van der Waals surface area contributed by atoms with Gasteiger partial charge in [0.05, 0.1) is 5.69 Å². The van der Waals surface area contributed by atoms with Gasteiger partial charge in [-0.1, -0.05) is 6.07 Å². The Morgan fingerprint density at radius 2 is 2.12 bits per heavy atom. The summed E-state index contributed by atoms with van der Waals surface area (Å²) in [6.45, 7) is 0. The predicted molar refractivity (Wildman–Crippen MR) is 66.0 cm³/mol. The molecule has 5 heteroatoms. The molecular weight excluding hydrogens is 273 g/mol. The van der Waals surface area contributed by atoms with E-state index in [4.69, 9.17) is 5.73 Å². The highest BCUT2D eigenvalue weighted by Crippen LogP contribution is 2.28. The smallest absolute Gasteiger partial charge is 0.147 e. The summed E-state index contributed by atoms with van der Waals surface area (Å²) in [4.78, 5) is 4.04. The Balaban J connectivity index is 2.34. The number of hydrogen-bond donors (Lipinski definition) is 2. The Hall–Kier alpha value is -1.62. The molecule has 2 rings (SSSR count). The summed E-state index contributed by atoms with van der Waals surface area (Å²) in [5.41, 5.74) is 6.52. The molecule has 0 atom stereocenters. The van der Waals surface area contributed by atoms with Gasteiger partial charge in [0.2, 0.25) is 0 Å². The van der Waals surface area contributed by atoms with E-state index in [1.165, 1.54) is 6.07 Å². The maximum atomic E-state index is 13.5. The molecule has 0 fully saturated rings. The average molecular weight is 282 g/mol. The molecule has 0 aliphatic heterocycles. The quantitative estimate of drug-likeness (QED) is 0.888. The van der Waals surface area contributed by atoms with Gasteiger partial charge in [0.25, 0.3) is 0 Å². The lowest BCUT2D eigenvalue weighted by molar-refractivity contribution is 0.631. The highest BCUT2D eigenvalue weighted by Gasteiger charge is 2.06. The van der Waals surface area contributed by atoms with Crippen molar-refractivity contribution in [2.75, 3.05) is 11.1 Å². The largest absolute Gasteiger partial charge is 0.399 e. The van der Waals surface area contributed by atoms with Crippen LogP contribution in [0.15, 0.2) is 41.0 Å². The van der Waals surface area contributed by atoms with Crippen molar-refractivity contribution in [2.24, 2.45) is 0 Å². The maximum Gasteiger partial charge on any atom is 0.147 e. The lowest BCUT2D eigenvalue weighted by Crippen LogP contribution is -1.98. The number of benzene rings is 1. The second-order valence-electron chi connectivity index (χ2n) is 3.20.